The molecular weight excluding hydrogens is 460 g/mol. The number of ether oxygens (including phenoxy) is 1. The Bertz CT molecular complexity index is 1040. The summed E-state index contributed by atoms with van der Waals surface area (Å²) in [6, 6.07) is 11.2. The van der Waals surface area contributed by atoms with Crippen molar-refractivity contribution >= 4 is 51.7 Å². The highest BCUT2D eigenvalue weighted by Gasteiger charge is 2.35. The van der Waals surface area contributed by atoms with Gasteiger partial charge in [-0.3, -0.25) is 14.5 Å². The number of amidine groups is 1. The molecule has 0 spiro atoms. The standard InChI is InChI=1S/C22H22ClF2N3O3S/c1-4-28-19(29)12-18(20(30)27-17-10-5-13(2)11-14(17)3)32-21(28)26-15-6-8-16(9-7-15)31-22(23,24)25/h5-11,18H,4,12H2,1-3H3,(H,27,30)/t18-/m0/s1. The van der Waals surface area contributed by atoms with Gasteiger partial charge in [-0.05, 0) is 56.7 Å². The molecule has 1 fully saturated rings. The van der Waals surface area contributed by atoms with Crippen LogP contribution in [0.1, 0.15) is 24.5 Å². The minimum atomic E-state index is -3.81. The summed E-state index contributed by atoms with van der Waals surface area (Å²) >= 11 is 5.95. The Morgan fingerprint density at radius 2 is 1.97 bits per heavy atom. The van der Waals surface area contributed by atoms with Crippen LogP contribution >= 0.6 is 23.4 Å². The van der Waals surface area contributed by atoms with Crippen LogP contribution in [0.2, 0.25) is 0 Å². The number of hydrogen-bond donors (Lipinski definition) is 1. The maximum Gasteiger partial charge on any atom is 0.487 e. The second-order valence-corrected chi connectivity index (χ2v) is 8.80. The number of carbonyl (C=O) groups is 2. The lowest BCUT2D eigenvalue weighted by Gasteiger charge is -2.31. The van der Waals surface area contributed by atoms with E-state index in [0.29, 0.717) is 23.1 Å². The van der Waals surface area contributed by atoms with Crippen LogP contribution in [0.3, 0.4) is 0 Å². The third-order valence-corrected chi connectivity index (χ3v) is 5.95. The Morgan fingerprint density at radius 3 is 2.56 bits per heavy atom. The van der Waals surface area contributed by atoms with Crippen molar-refractivity contribution in [2.75, 3.05) is 11.9 Å². The molecule has 0 bridgehead atoms. The molecule has 3 rings (SSSR count). The molecule has 10 heteroatoms. The van der Waals surface area contributed by atoms with Crippen LogP contribution in [0.5, 0.6) is 5.75 Å². The molecule has 6 nitrogen and oxygen atoms in total. The number of amides is 2. The number of nitrogens with zero attached hydrogens (tertiary/aromatic N) is 2. The van der Waals surface area contributed by atoms with Gasteiger partial charge in [-0.15, -0.1) is 8.78 Å². The fourth-order valence-electron chi connectivity index (χ4n) is 3.15. The molecule has 1 N–H and O–H groups in total. The van der Waals surface area contributed by atoms with E-state index in [1.165, 1.54) is 40.9 Å². The van der Waals surface area contributed by atoms with Crippen molar-refractivity contribution in [1.82, 2.24) is 4.90 Å². The van der Waals surface area contributed by atoms with Crippen LogP contribution in [0.25, 0.3) is 0 Å². The Labute approximate surface area is 194 Å². The quantitative estimate of drug-likeness (QED) is 0.557. The number of hydrogen-bond acceptors (Lipinski definition) is 5. The summed E-state index contributed by atoms with van der Waals surface area (Å²) < 4.78 is 29.8. The zero-order valence-electron chi connectivity index (χ0n) is 17.7. The monoisotopic (exact) mass is 481 g/mol. The molecule has 1 atom stereocenters. The van der Waals surface area contributed by atoms with Crippen molar-refractivity contribution in [3.8, 4) is 5.75 Å². The summed E-state index contributed by atoms with van der Waals surface area (Å²) in [5.74, 6) is -0.626. The van der Waals surface area contributed by atoms with Crippen LogP contribution in [-0.2, 0) is 9.59 Å². The molecule has 0 radical (unpaired) electrons. The summed E-state index contributed by atoms with van der Waals surface area (Å²) in [6.45, 7) is 6.07. The van der Waals surface area contributed by atoms with E-state index >= 15 is 0 Å². The molecule has 32 heavy (non-hydrogen) atoms. The van der Waals surface area contributed by atoms with Gasteiger partial charge in [-0.1, -0.05) is 29.5 Å². The molecule has 1 aliphatic heterocycles. The molecular formula is C22H22ClF2N3O3S. The fraction of sp³-hybridized carbons (Fsp3) is 0.318. The second-order valence-electron chi connectivity index (χ2n) is 7.19. The maximum absolute atomic E-state index is 12.9. The van der Waals surface area contributed by atoms with Crippen molar-refractivity contribution in [3.05, 3.63) is 53.6 Å². The highest BCUT2D eigenvalue weighted by atomic mass is 35.5. The summed E-state index contributed by atoms with van der Waals surface area (Å²) in [7, 11) is 0. The van der Waals surface area contributed by atoms with Gasteiger partial charge >= 0.3 is 5.57 Å². The lowest BCUT2D eigenvalue weighted by Crippen LogP contribution is -2.45. The first kappa shape index (κ1) is 24.0. The third-order valence-electron chi connectivity index (χ3n) is 4.68. The van der Waals surface area contributed by atoms with E-state index in [9.17, 15) is 18.4 Å². The van der Waals surface area contributed by atoms with Crippen LogP contribution in [0.4, 0.5) is 20.2 Å². The zero-order chi connectivity index (χ0) is 23.5. The van der Waals surface area contributed by atoms with Crippen LogP contribution in [-0.4, -0.2) is 39.2 Å². The predicted octanol–water partition coefficient (Wildman–Crippen LogP) is 5.45. The van der Waals surface area contributed by atoms with Crippen molar-refractivity contribution in [2.24, 2.45) is 4.99 Å². The Kier molecular flexibility index (Phi) is 7.40. The molecule has 0 aliphatic carbocycles. The smallest absolute Gasteiger partial charge is 0.420 e. The van der Waals surface area contributed by atoms with E-state index in [2.05, 4.69) is 15.0 Å². The SMILES string of the molecule is CCN1C(=O)C[C@@H](C(=O)Nc2ccc(C)cc2C)SC1=Nc1ccc(OC(F)(F)Cl)cc1. The molecule has 1 aliphatic rings. The molecule has 0 saturated carbocycles. The van der Waals surface area contributed by atoms with Gasteiger partial charge < -0.3 is 10.1 Å². The predicted molar refractivity (Wildman–Crippen MR) is 123 cm³/mol. The molecule has 2 amide bonds. The number of aliphatic imine (C=N–C) groups is 1. The van der Waals surface area contributed by atoms with E-state index < -0.39 is 10.8 Å². The van der Waals surface area contributed by atoms with Crippen molar-refractivity contribution in [2.45, 2.75) is 38.0 Å². The number of halogens is 3. The summed E-state index contributed by atoms with van der Waals surface area (Å²) in [5, 5.41) is 2.60. The van der Waals surface area contributed by atoms with Gasteiger partial charge in [0.15, 0.2) is 5.17 Å². The maximum atomic E-state index is 12.9. The first-order chi connectivity index (χ1) is 15.1. The minimum absolute atomic E-state index is 0.0475. The molecule has 1 saturated heterocycles. The van der Waals surface area contributed by atoms with Gasteiger partial charge in [-0.2, -0.15) is 0 Å². The molecule has 2 aromatic rings. The number of benzene rings is 2. The first-order valence-electron chi connectivity index (χ1n) is 9.85. The van der Waals surface area contributed by atoms with E-state index in [1.54, 1.807) is 0 Å². The van der Waals surface area contributed by atoms with E-state index in [4.69, 9.17) is 11.6 Å². The molecule has 1 heterocycles. The third kappa shape index (κ3) is 6.20. The number of rotatable bonds is 6. The number of alkyl halides is 3. The van der Waals surface area contributed by atoms with E-state index in [1.807, 2.05) is 39.0 Å². The van der Waals surface area contributed by atoms with Gasteiger partial charge in [0.25, 0.3) is 0 Å². The van der Waals surface area contributed by atoms with Gasteiger partial charge in [0.2, 0.25) is 11.8 Å². The summed E-state index contributed by atoms with van der Waals surface area (Å²) in [5.41, 5.74) is -0.688. The summed E-state index contributed by atoms with van der Waals surface area (Å²) in [4.78, 5) is 31.5. The first-order valence-corrected chi connectivity index (χ1v) is 11.1. The molecule has 2 aromatic carbocycles. The van der Waals surface area contributed by atoms with Crippen LogP contribution in [0.15, 0.2) is 47.5 Å². The van der Waals surface area contributed by atoms with Crippen LogP contribution in [0, 0.1) is 13.8 Å². The largest absolute Gasteiger partial charge is 0.487 e. The molecule has 0 unspecified atom stereocenters. The fourth-order valence-corrected chi connectivity index (χ4v) is 4.40. The lowest BCUT2D eigenvalue weighted by molar-refractivity contribution is -0.129. The van der Waals surface area contributed by atoms with Gasteiger partial charge in [-0.25, -0.2) is 4.99 Å². The molecule has 0 aromatic heterocycles. The number of thioether (sulfide) groups is 1. The zero-order valence-corrected chi connectivity index (χ0v) is 19.3. The Hall–Kier alpha value is -2.65. The number of aryl methyl sites for hydroxylation is 2. The van der Waals surface area contributed by atoms with Crippen molar-refractivity contribution in [1.29, 1.82) is 0 Å². The highest BCUT2D eigenvalue weighted by Crippen LogP contribution is 2.31. The average molecular weight is 482 g/mol. The van der Waals surface area contributed by atoms with E-state index in [-0.39, 0.29) is 24.0 Å². The number of anilines is 1. The topological polar surface area (TPSA) is 71.0 Å². The van der Waals surface area contributed by atoms with Crippen LogP contribution < -0.4 is 10.1 Å². The lowest BCUT2D eigenvalue weighted by atomic mass is 10.1. The van der Waals surface area contributed by atoms with Crippen molar-refractivity contribution < 1.29 is 23.1 Å². The van der Waals surface area contributed by atoms with E-state index in [0.717, 1.165) is 11.1 Å². The molecule has 170 valence electrons. The Balaban J connectivity index is 1.78. The highest BCUT2D eigenvalue weighted by molar-refractivity contribution is 8.15. The number of carbonyl (C=O) groups excluding carboxylic acids is 2. The van der Waals surface area contributed by atoms with Gasteiger partial charge in [0.1, 0.15) is 11.0 Å². The average Bonchev–Trinajstić information content (AvgIpc) is 2.70. The Morgan fingerprint density at radius 1 is 1.28 bits per heavy atom. The van der Waals surface area contributed by atoms with Gasteiger partial charge in [0.05, 0.1) is 5.69 Å². The van der Waals surface area contributed by atoms with Gasteiger partial charge in [0, 0.05) is 30.3 Å². The summed E-state index contributed by atoms with van der Waals surface area (Å²) in [6.07, 6.45) is 0.0475. The van der Waals surface area contributed by atoms with Crippen molar-refractivity contribution in [3.63, 3.8) is 0 Å². The normalized spacial score (nSPS) is 18.1. The number of nitrogens with one attached hydrogen (secondary N) is 1. The minimum Gasteiger partial charge on any atom is -0.420 e. The second kappa shape index (κ2) is 9.87.